The summed E-state index contributed by atoms with van der Waals surface area (Å²) >= 11 is 0. The molecule has 0 aromatic carbocycles. The number of rotatable bonds is 3. The molecule has 2 bridgehead atoms. The van der Waals surface area contributed by atoms with Crippen LogP contribution in [0.5, 0.6) is 0 Å². The van der Waals surface area contributed by atoms with E-state index in [1.54, 1.807) is 0 Å². The Hall–Kier alpha value is -0.660. The third-order valence-electron chi connectivity index (χ3n) is 4.84. The minimum Gasteiger partial charge on any atom is -0.310 e. The van der Waals surface area contributed by atoms with E-state index in [-0.39, 0.29) is 5.41 Å². The molecule has 84 valence electrons. The van der Waals surface area contributed by atoms with E-state index in [9.17, 15) is 0 Å². The summed E-state index contributed by atoms with van der Waals surface area (Å²) in [5.41, 5.74) is 2.46. The van der Waals surface area contributed by atoms with Crippen molar-refractivity contribution in [1.82, 2.24) is 0 Å². The number of fused-ring (bicyclic) bond motifs is 3. The second-order valence-corrected chi connectivity index (χ2v) is 5.86. The van der Waals surface area contributed by atoms with Gasteiger partial charge in [0, 0.05) is 16.8 Å². The summed E-state index contributed by atoms with van der Waals surface area (Å²) in [6, 6.07) is 0. The van der Waals surface area contributed by atoms with Gasteiger partial charge < -0.3 is 10.8 Å². The molecule has 0 aromatic rings. The molecule has 0 radical (unpaired) electrons. The fourth-order valence-corrected chi connectivity index (χ4v) is 3.65. The minimum absolute atomic E-state index is 0.262. The Labute approximate surface area is 92.5 Å². The van der Waals surface area contributed by atoms with E-state index >= 15 is 0 Å². The van der Waals surface area contributed by atoms with Crippen LogP contribution in [0.15, 0.2) is 0 Å². The summed E-state index contributed by atoms with van der Waals surface area (Å²) in [5, 5.41) is 15.6. The monoisotopic (exact) mass is 206 g/mol. The van der Waals surface area contributed by atoms with Crippen molar-refractivity contribution in [1.29, 1.82) is 10.8 Å². The standard InChI is InChI=1S/C13H22N2/c1-10(14)9-12-3-6-13(7-4-12,8-5-12)11(2)15/h14-15H,3-9H2,1-2H3. The van der Waals surface area contributed by atoms with Gasteiger partial charge >= 0.3 is 0 Å². The maximum atomic E-state index is 7.92. The second kappa shape index (κ2) is 3.43. The molecule has 2 nitrogen and oxygen atoms in total. The lowest BCUT2D eigenvalue weighted by molar-refractivity contribution is 0.0381. The fourth-order valence-electron chi connectivity index (χ4n) is 3.65. The van der Waals surface area contributed by atoms with Gasteiger partial charge in [-0.3, -0.25) is 0 Å². The van der Waals surface area contributed by atoms with Gasteiger partial charge in [-0.2, -0.15) is 0 Å². The van der Waals surface area contributed by atoms with Crippen molar-refractivity contribution < 1.29 is 0 Å². The van der Waals surface area contributed by atoms with Crippen LogP contribution < -0.4 is 0 Å². The van der Waals surface area contributed by atoms with E-state index < -0.39 is 0 Å². The molecule has 0 saturated heterocycles. The lowest BCUT2D eigenvalue weighted by Gasteiger charge is -2.53. The van der Waals surface area contributed by atoms with Crippen LogP contribution in [0, 0.1) is 21.6 Å². The van der Waals surface area contributed by atoms with E-state index in [1.165, 1.54) is 38.5 Å². The van der Waals surface area contributed by atoms with Crippen LogP contribution >= 0.6 is 0 Å². The van der Waals surface area contributed by atoms with E-state index in [2.05, 4.69) is 0 Å². The summed E-state index contributed by atoms with van der Waals surface area (Å²) in [4.78, 5) is 0. The molecule has 3 fully saturated rings. The van der Waals surface area contributed by atoms with Gasteiger partial charge in [0.25, 0.3) is 0 Å². The maximum absolute atomic E-state index is 7.92. The van der Waals surface area contributed by atoms with E-state index in [0.29, 0.717) is 5.41 Å². The first-order valence-corrected chi connectivity index (χ1v) is 6.08. The Morgan fingerprint density at radius 3 is 1.73 bits per heavy atom. The van der Waals surface area contributed by atoms with E-state index in [0.717, 1.165) is 17.8 Å². The predicted molar refractivity (Wildman–Crippen MR) is 64.0 cm³/mol. The van der Waals surface area contributed by atoms with Crippen molar-refractivity contribution in [2.75, 3.05) is 0 Å². The second-order valence-electron chi connectivity index (χ2n) is 5.86. The number of hydrogen-bond donors (Lipinski definition) is 2. The molecule has 0 aliphatic heterocycles. The van der Waals surface area contributed by atoms with Crippen molar-refractivity contribution >= 4 is 11.4 Å². The van der Waals surface area contributed by atoms with Gasteiger partial charge in [0.2, 0.25) is 0 Å². The van der Waals surface area contributed by atoms with Crippen LogP contribution in [0.3, 0.4) is 0 Å². The normalized spacial score (nSPS) is 39.1. The lowest BCUT2D eigenvalue weighted by Crippen LogP contribution is -2.45. The zero-order valence-corrected chi connectivity index (χ0v) is 9.95. The highest BCUT2D eigenvalue weighted by molar-refractivity contribution is 5.85. The highest BCUT2D eigenvalue weighted by Crippen LogP contribution is 2.58. The molecule has 3 aliphatic rings. The van der Waals surface area contributed by atoms with Gasteiger partial charge in [-0.25, -0.2) is 0 Å². The van der Waals surface area contributed by atoms with Gasteiger partial charge in [0.1, 0.15) is 0 Å². The molecule has 0 amide bonds. The fraction of sp³-hybridized carbons (Fsp3) is 0.846. The van der Waals surface area contributed by atoms with Crippen molar-refractivity contribution in [3.05, 3.63) is 0 Å². The largest absolute Gasteiger partial charge is 0.310 e. The van der Waals surface area contributed by atoms with Gasteiger partial charge in [-0.05, 0) is 64.2 Å². The molecule has 3 rings (SSSR count). The molecular formula is C13H22N2. The molecule has 2 N–H and O–H groups in total. The third kappa shape index (κ3) is 1.75. The first kappa shape index (κ1) is 10.8. The van der Waals surface area contributed by atoms with Crippen LogP contribution in [-0.4, -0.2) is 11.4 Å². The van der Waals surface area contributed by atoms with Crippen molar-refractivity contribution in [2.45, 2.75) is 58.8 Å². The average molecular weight is 206 g/mol. The molecule has 0 aromatic heterocycles. The van der Waals surface area contributed by atoms with Gasteiger partial charge in [0.05, 0.1) is 0 Å². The predicted octanol–water partition coefficient (Wildman–Crippen LogP) is 3.80. The highest BCUT2D eigenvalue weighted by Gasteiger charge is 2.49. The first-order chi connectivity index (χ1) is 6.98. The Bertz CT molecular complexity index is 279. The van der Waals surface area contributed by atoms with Crippen LogP contribution in [0.1, 0.15) is 58.8 Å². The Morgan fingerprint density at radius 1 is 0.933 bits per heavy atom. The summed E-state index contributed by atoms with van der Waals surface area (Å²) < 4.78 is 0. The van der Waals surface area contributed by atoms with Crippen molar-refractivity contribution in [2.24, 2.45) is 10.8 Å². The van der Waals surface area contributed by atoms with Gasteiger partial charge in [0.15, 0.2) is 0 Å². The van der Waals surface area contributed by atoms with E-state index in [1.807, 2.05) is 13.8 Å². The molecule has 3 aliphatic carbocycles. The Kier molecular flexibility index (Phi) is 2.48. The average Bonchev–Trinajstić information content (AvgIpc) is 2.18. The zero-order chi connectivity index (χ0) is 11.1. The summed E-state index contributed by atoms with van der Waals surface area (Å²) in [7, 11) is 0. The summed E-state index contributed by atoms with van der Waals surface area (Å²) in [6.45, 7) is 3.92. The lowest BCUT2D eigenvalue weighted by atomic mass is 9.51. The minimum atomic E-state index is 0.262. The topological polar surface area (TPSA) is 47.7 Å². The molecule has 3 saturated carbocycles. The summed E-state index contributed by atoms with van der Waals surface area (Å²) in [5.74, 6) is 0. The van der Waals surface area contributed by atoms with Crippen LogP contribution in [0.2, 0.25) is 0 Å². The molecule has 15 heavy (non-hydrogen) atoms. The third-order valence-corrected chi connectivity index (χ3v) is 4.84. The molecule has 0 spiro atoms. The van der Waals surface area contributed by atoms with Crippen LogP contribution in [0.25, 0.3) is 0 Å². The molecule has 2 heteroatoms. The SMILES string of the molecule is CC(=N)CC12CCC(C(C)=N)(CC1)CC2. The van der Waals surface area contributed by atoms with Crippen LogP contribution in [-0.2, 0) is 0 Å². The zero-order valence-electron chi connectivity index (χ0n) is 9.95. The van der Waals surface area contributed by atoms with Crippen LogP contribution in [0.4, 0.5) is 0 Å². The number of hydrogen-bond acceptors (Lipinski definition) is 2. The molecule has 0 atom stereocenters. The highest BCUT2D eigenvalue weighted by atomic mass is 14.6. The van der Waals surface area contributed by atoms with Gasteiger partial charge in [-0.1, -0.05) is 0 Å². The molecular weight excluding hydrogens is 184 g/mol. The van der Waals surface area contributed by atoms with E-state index in [4.69, 9.17) is 10.8 Å². The first-order valence-electron chi connectivity index (χ1n) is 6.08. The quantitative estimate of drug-likeness (QED) is 0.660. The molecule has 0 unspecified atom stereocenters. The van der Waals surface area contributed by atoms with Crippen molar-refractivity contribution in [3.63, 3.8) is 0 Å². The Balaban J connectivity index is 2.10. The Morgan fingerprint density at radius 2 is 1.40 bits per heavy atom. The molecule has 0 heterocycles. The van der Waals surface area contributed by atoms with Gasteiger partial charge in [-0.15, -0.1) is 0 Å². The summed E-state index contributed by atoms with van der Waals surface area (Å²) in [6.07, 6.45) is 8.36. The number of nitrogens with one attached hydrogen (secondary N) is 2. The van der Waals surface area contributed by atoms with Crippen molar-refractivity contribution in [3.8, 4) is 0 Å². The maximum Gasteiger partial charge on any atom is 0.0120 e. The smallest absolute Gasteiger partial charge is 0.0120 e.